The van der Waals surface area contributed by atoms with Crippen molar-refractivity contribution in [3.8, 4) is 11.5 Å². The third kappa shape index (κ3) is 4.07. The van der Waals surface area contributed by atoms with Crippen LogP contribution in [0.15, 0.2) is 34.9 Å². The first-order valence-electron chi connectivity index (χ1n) is 7.77. The van der Waals surface area contributed by atoms with Crippen molar-refractivity contribution < 1.29 is 9.21 Å². The van der Waals surface area contributed by atoms with E-state index in [-0.39, 0.29) is 12.1 Å². The van der Waals surface area contributed by atoms with Crippen molar-refractivity contribution in [1.29, 1.82) is 0 Å². The lowest BCUT2D eigenvalue weighted by atomic mass is 10.2. The molecule has 0 saturated heterocycles. The van der Waals surface area contributed by atoms with E-state index in [0.29, 0.717) is 11.1 Å². The lowest BCUT2D eigenvalue weighted by molar-refractivity contribution is 0.248. The molecule has 1 aliphatic carbocycles. The molecule has 6 heteroatoms. The summed E-state index contributed by atoms with van der Waals surface area (Å²) < 4.78 is 5.52. The number of thioether (sulfide) groups is 1. The molecule has 2 aromatic rings. The lowest BCUT2D eigenvalue weighted by Gasteiger charge is -2.14. The molecule has 0 radical (unpaired) electrons. The summed E-state index contributed by atoms with van der Waals surface area (Å²) in [6.45, 7) is 1.86. The normalized spacial score (nSPS) is 20.4. The molecular weight excluding hydrogens is 310 g/mol. The second-order valence-corrected chi connectivity index (χ2v) is 6.96. The Balaban J connectivity index is 1.60. The molecule has 2 amide bonds. The zero-order valence-corrected chi connectivity index (χ0v) is 14.2. The number of nitrogens with zero attached hydrogens (tertiary/aromatic N) is 1. The van der Waals surface area contributed by atoms with E-state index in [1.54, 1.807) is 6.20 Å². The fraction of sp³-hybridized carbons (Fsp3) is 0.412. The van der Waals surface area contributed by atoms with Crippen LogP contribution in [-0.4, -0.2) is 28.6 Å². The van der Waals surface area contributed by atoms with Crippen LogP contribution in [0.25, 0.3) is 11.5 Å². The number of benzene rings is 1. The molecule has 2 N–H and O–H groups in total. The number of carbonyl (C=O) groups is 1. The van der Waals surface area contributed by atoms with Crippen molar-refractivity contribution >= 4 is 23.5 Å². The van der Waals surface area contributed by atoms with Crippen molar-refractivity contribution in [2.45, 2.75) is 37.5 Å². The average Bonchev–Trinajstić information content (AvgIpc) is 3.16. The molecule has 0 bridgehead atoms. The maximum absolute atomic E-state index is 12.1. The van der Waals surface area contributed by atoms with Crippen LogP contribution < -0.4 is 10.6 Å². The highest BCUT2D eigenvalue weighted by Crippen LogP contribution is 2.28. The molecule has 3 rings (SSSR count). The van der Waals surface area contributed by atoms with Gasteiger partial charge in [0, 0.05) is 22.5 Å². The average molecular weight is 331 g/mol. The van der Waals surface area contributed by atoms with Crippen molar-refractivity contribution in [1.82, 2.24) is 10.3 Å². The minimum Gasteiger partial charge on any atom is -0.441 e. The number of amides is 2. The maximum Gasteiger partial charge on any atom is 0.319 e. The van der Waals surface area contributed by atoms with E-state index in [2.05, 4.69) is 21.9 Å². The fourth-order valence-electron chi connectivity index (χ4n) is 2.86. The number of rotatable bonds is 4. The molecule has 5 nitrogen and oxygen atoms in total. The first-order valence-corrected chi connectivity index (χ1v) is 9.06. The number of hydrogen-bond donors (Lipinski definition) is 2. The molecule has 1 fully saturated rings. The van der Waals surface area contributed by atoms with E-state index in [1.165, 1.54) is 6.42 Å². The van der Waals surface area contributed by atoms with E-state index in [9.17, 15) is 4.79 Å². The first kappa shape index (κ1) is 15.9. The van der Waals surface area contributed by atoms with Gasteiger partial charge in [0.15, 0.2) is 0 Å². The highest BCUT2D eigenvalue weighted by atomic mass is 32.2. The summed E-state index contributed by atoms with van der Waals surface area (Å²) in [5.41, 5.74) is 1.58. The Hall–Kier alpha value is -1.95. The standard InChI is InChI=1S/C17H21N3O2S/c1-11-10-18-16(22-11)12-4-3-5-13(8-12)19-17(21)20-14-6-7-15(9-14)23-2/h3-5,8,10,14-15H,6-7,9H2,1-2H3,(H2,19,20,21)/t14-,15+/m0/s1. The van der Waals surface area contributed by atoms with Gasteiger partial charge in [0.25, 0.3) is 0 Å². The molecule has 1 heterocycles. The van der Waals surface area contributed by atoms with Gasteiger partial charge in [0.05, 0.1) is 6.20 Å². The molecule has 122 valence electrons. The molecule has 0 spiro atoms. The molecule has 1 aromatic carbocycles. The summed E-state index contributed by atoms with van der Waals surface area (Å²) in [6.07, 6.45) is 7.08. The van der Waals surface area contributed by atoms with Crippen LogP contribution >= 0.6 is 11.8 Å². The van der Waals surface area contributed by atoms with Gasteiger partial charge in [-0.05, 0) is 50.6 Å². The summed E-state index contributed by atoms with van der Waals surface area (Å²) in [7, 11) is 0. The van der Waals surface area contributed by atoms with Crippen LogP contribution in [0.4, 0.5) is 10.5 Å². The monoisotopic (exact) mass is 331 g/mol. The number of hydrogen-bond acceptors (Lipinski definition) is 4. The Morgan fingerprint density at radius 3 is 2.96 bits per heavy atom. The fourth-order valence-corrected chi connectivity index (χ4v) is 3.65. The Morgan fingerprint density at radius 1 is 1.39 bits per heavy atom. The van der Waals surface area contributed by atoms with Gasteiger partial charge in [-0.2, -0.15) is 11.8 Å². The van der Waals surface area contributed by atoms with Crippen LogP contribution in [0.3, 0.4) is 0 Å². The summed E-state index contributed by atoms with van der Waals surface area (Å²) in [4.78, 5) is 16.4. The van der Waals surface area contributed by atoms with Crippen molar-refractivity contribution in [2.75, 3.05) is 11.6 Å². The van der Waals surface area contributed by atoms with Gasteiger partial charge in [-0.3, -0.25) is 0 Å². The largest absolute Gasteiger partial charge is 0.441 e. The smallest absolute Gasteiger partial charge is 0.319 e. The molecule has 1 aromatic heterocycles. The number of anilines is 1. The molecular formula is C17H21N3O2S. The third-order valence-corrected chi connectivity index (χ3v) is 5.14. The second-order valence-electron chi connectivity index (χ2n) is 5.82. The topological polar surface area (TPSA) is 67.2 Å². The van der Waals surface area contributed by atoms with Gasteiger partial charge in [0.2, 0.25) is 5.89 Å². The Morgan fingerprint density at radius 2 is 2.26 bits per heavy atom. The summed E-state index contributed by atoms with van der Waals surface area (Å²) in [5, 5.41) is 6.61. The zero-order valence-electron chi connectivity index (χ0n) is 13.3. The highest BCUT2D eigenvalue weighted by molar-refractivity contribution is 7.99. The van der Waals surface area contributed by atoms with Gasteiger partial charge in [-0.25, -0.2) is 9.78 Å². The zero-order chi connectivity index (χ0) is 16.2. The van der Waals surface area contributed by atoms with Gasteiger partial charge >= 0.3 is 6.03 Å². The molecule has 1 aliphatic rings. The first-order chi connectivity index (χ1) is 11.1. The van der Waals surface area contributed by atoms with Gasteiger partial charge in [-0.1, -0.05) is 6.07 Å². The lowest BCUT2D eigenvalue weighted by Crippen LogP contribution is -2.36. The van der Waals surface area contributed by atoms with Crippen LogP contribution in [-0.2, 0) is 0 Å². The number of aryl methyl sites for hydroxylation is 1. The number of urea groups is 1. The minimum absolute atomic E-state index is 0.155. The molecule has 1 saturated carbocycles. The van der Waals surface area contributed by atoms with Crippen molar-refractivity contribution in [3.63, 3.8) is 0 Å². The van der Waals surface area contributed by atoms with Crippen LogP contribution in [0.2, 0.25) is 0 Å². The predicted octanol–water partition coefficient (Wildman–Crippen LogP) is 4.06. The van der Waals surface area contributed by atoms with Crippen LogP contribution in [0.5, 0.6) is 0 Å². The van der Waals surface area contributed by atoms with Crippen molar-refractivity contribution in [2.24, 2.45) is 0 Å². The second kappa shape index (κ2) is 7.08. The molecule has 0 unspecified atom stereocenters. The SMILES string of the molecule is CS[C@@H]1CC[C@H](NC(=O)Nc2cccc(-c3ncc(C)o3)c2)C1. The summed E-state index contributed by atoms with van der Waals surface area (Å²) in [5.74, 6) is 1.32. The number of oxazole rings is 1. The Kier molecular flexibility index (Phi) is 4.91. The quantitative estimate of drug-likeness (QED) is 0.887. The van der Waals surface area contributed by atoms with E-state index in [0.717, 1.165) is 29.9 Å². The predicted molar refractivity (Wildman–Crippen MR) is 93.8 cm³/mol. The number of carbonyl (C=O) groups excluding carboxylic acids is 1. The Bertz CT molecular complexity index is 686. The van der Waals surface area contributed by atoms with Crippen LogP contribution in [0.1, 0.15) is 25.0 Å². The molecule has 23 heavy (non-hydrogen) atoms. The van der Waals surface area contributed by atoms with Gasteiger partial charge in [0.1, 0.15) is 5.76 Å². The van der Waals surface area contributed by atoms with E-state index in [1.807, 2.05) is 43.0 Å². The van der Waals surface area contributed by atoms with Gasteiger partial charge in [-0.15, -0.1) is 0 Å². The highest BCUT2D eigenvalue weighted by Gasteiger charge is 2.25. The number of aromatic nitrogens is 1. The molecule has 2 atom stereocenters. The van der Waals surface area contributed by atoms with E-state index >= 15 is 0 Å². The summed E-state index contributed by atoms with van der Waals surface area (Å²) in [6, 6.07) is 7.63. The minimum atomic E-state index is -0.155. The van der Waals surface area contributed by atoms with E-state index in [4.69, 9.17) is 4.42 Å². The molecule has 0 aliphatic heterocycles. The maximum atomic E-state index is 12.1. The number of nitrogens with one attached hydrogen (secondary N) is 2. The van der Waals surface area contributed by atoms with Crippen LogP contribution in [0, 0.1) is 6.92 Å². The van der Waals surface area contributed by atoms with E-state index < -0.39 is 0 Å². The summed E-state index contributed by atoms with van der Waals surface area (Å²) >= 11 is 1.88. The Labute approximate surface area is 140 Å². The van der Waals surface area contributed by atoms with Gasteiger partial charge < -0.3 is 15.1 Å². The van der Waals surface area contributed by atoms with Crippen molar-refractivity contribution in [3.05, 3.63) is 36.2 Å². The third-order valence-electron chi connectivity index (χ3n) is 4.04.